The van der Waals surface area contributed by atoms with Crippen LogP contribution in [0.5, 0.6) is 0 Å². The van der Waals surface area contributed by atoms with Crippen molar-refractivity contribution in [2.24, 2.45) is 0 Å². The molecule has 1 aromatic carbocycles. The lowest BCUT2D eigenvalue weighted by molar-refractivity contribution is -0.118. The minimum atomic E-state index is 0.0834. The van der Waals surface area contributed by atoms with Gasteiger partial charge in [0.2, 0.25) is 0 Å². The SMILES string of the molecule is CC(=O)CN(CCO)Cc1ccccc1. The van der Waals surface area contributed by atoms with Crippen LogP contribution in [0.25, 0.3) is 0 Å². The first kappa shape index (κ1) is 11.9. The van der Waals surface area contributed by atoms with Gasteiger partial charge in [-0.1, -0.05) is 30.3 Å². The number of aliphatic hydroxyl groups is 1. The van der Waals surface area contributed by atoms with Gasteiger partial charge in [-0.25, -0.2) is 0 Å². The smallest absolute Gasteiger partial charge is 0.143 e. The van der Waals surface area contributed by atoms with Crippen LogP contribution < -0.4 is 0 Å². The summed E-state index contributed by atoms with van der Waals surface area (Å²) in [5, 5.41) is 8.87. The molecule has 15 heavy (non-hydrogen) atoms. The molecule has 3 heteroatoms. The first-order valence-corrected chi connectivity index (χ1v) is 5.09. The van der Waals surface area contributed by atoms with Gasteiger partial charge in [0.15, 0.2) is 0 Å². The number of nitrogens with zero attached hydrogens (tertiary/aromatic N) is 1. The van der Waals surface area contributed by atoms with Crippen LogP contribution in [0.1, 0.15) is 12.5 Å². The van der Waals surface area contributed by atoms with Gasteiger partial charge < -0.3 is 5.11 Å². The maximum atomic E-state index is 11.0. The molecule has 1 aromatic rings. The Morgan fingerprint density at radius 2 is 2.00 bits per heavy atom. The molecule has 0 saturated carbocycles. The number of carbonyl (C=O) groups excluding carboxylic acids is 1. The van der Waals surface area contributed by atoms with Crippen molar-refractivity contribution < 1.29 is 9.90 Å². The number of hydrogen-bond donors (Lipinski definition) is 1. The average Bonchev–Trinajstić information content (AvgIpc) is 2.18. The Labute approximate surface area is 90.3 Å². The Kier molecular flexibility index (Phi) is 5.01. The molecule has 0 fully saturated rings. The lowest BCUT2D eigenvalue weighted by atomic mass is 10.2. The number of benzene rings is 1. The van der Waals surface area contributed by atoms with Crippen molar-refractivity contribution in [3.05, 3.63) is 35.9 Å². The molecule has 0 saturated heterocycles. The van der Waals surface area contributed by atoms with E-state index >= 15 is 0 Å². The molecule has 0 aliphatic rings. The van der Waals surface area contributed by atoms with Crippen molar-refractivity contribution >= 4 is 5.78 Å². The number of rotatable bonds is 6. The molecule has 3 nitrogen and oxygen atoms in total. The summed E-state index contributed by atoms with van der Waals surface area (Å²) in [6, 6.07) is 9.94. The van der Waals surface area contributed by atoms with Crippen LogP contribution in [0.15, 0.2) is 30.3 Å². The lowest BCUT2D eigenvalue weighted by Gasteiger charge is -2.19. The molecule has 0 spiro atoms. The van der Waals surface area contributed by atoms with E-state index in [9.17, 15) is 4.79 Å². The molecule has 0 aliphatic heterocycles. The molecular formula is C12H17NO2. The summed E-state index contributed by atoms with van der Waals surface area (Å²) < 4.78 is 0. The summed E-state index contributed by atoms with van der Waals surface area (Å²) >= 11 is 0. The van der Waals surface area contributed by atoms with Crippen molar-refractivity contribution in [2.75, 3.05) is 19.7 Å². The van der Waals surface area contributed by atoms with Gasteiger partial charge >= 0.3 is 0 Å². The van der Waals surface area contributed by atoms with Crippen molar-refractivity contribution in [1.82, 2.24) is 4.90 Å². The Balaban J connectivity index is 2.54. The monoisotopic (exact) mass is 207 g/mol. The van der Waals surface area contributed by atoms with Gasteiger partial charge in [-0.3, -0.25) is 9.69 Å². The summed E-state index contributed by atoms with van der Waals surface area (Å²) in [6.07, 6.45) is 0. The van der Waals surface area contributed by atoms with E-state index < -0.39 is 0 Å². The number of hydrogen-bond acceptors (Lipinski definition) is 3. The minimum absolute atomic E-state index is 0.0834. The molecule has 0 unspecified atom stereocenters. The number of Topliss-reactive ketones (excluding diaryl/α,β-unsaturated/α-hetero) is 1. The van der Waals surface area contributed by atoms with Crippen LogP contribution in [0.4, 0.5) is 0 Å². The number of aliphatic hydroxyl groups excluding tert-OH is 1. The topological polar surface area (TPSA) is 40.5 Å². The molecule has 0 amide bonds. The third-order valence-electron chi connectivity index (χ3n) is 2.11. The van der Waals surface area contributed by atoms with Crippen molar-refractivity contribution in [3.63, 3.8) is 0 Å². The zero-order valence-electron chi connectivity index (χ0n) is 9.02. The van der Waals surface area contributed by atoms with Gasteiger partial charge in [-0.05, 0) is 12.5 Å². The summed E-state index contributed by atoms with van der Waals surface area (Å²) in [4.78, 5) is 12.9. The van der Waals surface area contributed by atoms with E-state index in [0.29, 0.717) is 19.6 Å². The Hall–Kier alpha value is -1.19. The third kappa shape index (κ3) is 4.72. The maximum Gasteiger partial charge on any atom is 0.143 e. The van der Waals surface area contributed by atoms with Gasteiger partial charge in [0, 0.05) is 13.1 Å². The Bertz CT molecular complexity index is 298. The summed E-state index contributed by atoms with van der Waals surface area (Å²) in [5.74, 6) is 0.124. The zero-order chi connectivity index (χ0) is 11.1. The molecule has 0 bridgehead atoms. The Morgan fingerprint density at radius 1 is 1.33 bits per heavy atom. The molecule has 1 N–H and O–H groups in total. The van der Waals surface area contributed by atoms with E-state index in [1.54, 1.807) is 6.92 Å². The molecule has 0 aromatic heterocycles. The predicted molar refractivity (Wildman–Crippen MR) is 59.5 cm³/mol. The van der Waals surface area contributed by atoms with E-state index in [4.69, 9.17) is 5.11 Å². The fourth-order valence-electron chi connectivity index (χ4n) is 1.51. The molecule has 82 valence electrons. The zero-order valence-corrected chi connectivity index (χ0v) is 9.02. The van der Waals surface area contributed by atoms with E-state index in [0.717, 1.165) is 5.56 Å². The summed E-state index contributed by atoms with van der Waals surface area (Å²) in [6.45, 7) is 3.29. The lowest BCUT2D eigenvalue weighted by Crippen LogP contribution is -2.30. The molecule has 0 radical (unpaired) electrons. The van der Waals surface area contributed by atoms with Crippen LogP contribution in [0.2, 0.25) is 0 Å². The van der Waals surface area contributed by atoms with Crippen LogP contribution in [0.3, 0.4) is 0 Å². The normalized spacial score (nSPS) is 10.6. The van der Waals surface area contributed by atoms with E-state index in [1.807, 2.05) is 35.2 Å². The highest BCUT2D eigenvalue weighted by Crippen LogP contribution is 2.03. The van der Waals surface area contributed by atoms with Gasteiger partial charge in [0.1, 0.15) is 5.78 Å². The molecular weight excluding hydrogens is 190 g/mol. The van der Waals surface area contributed by atoms with Crippen LogP contribution in [0, 0.1) is 0 Å². The highest BCUT2D eigenvalue weighted by atomic mass is 16.3. The van der Waals surface area contributed by atoms with Gasteiger partial charge in [-0.2, -0.15) is 0 Å². The summed E-state index contributed by atoms with van der Waals surface area (Å²) in [5.41, 5.74) is 1.16. The predicted octanol–water partition coefficient (Wildman–Crippen LogP) is 1.07. The van der Waals surface area contributed by atoms with E-state index in [1.165, 1.54) is 0 Å². The van der Waals surface area contributed by atoms with Crippen molar-refractivity contribution in [3.8, 4) is 0 Å². The highest BCUT2D eigenvalue weighted by Gasteiger charge is 2.07. The molecule has 0 atom stereocenters. The van der Waals surface area contributed by atoms with Crippen molar-refractivity contribution in [1.29, 1.82) is 0 Å². The summed E-state index contributed by atoms with van der Waals surface area (Å²) in [7, 11) is 0. The first-order chi connectivity index (χ1) is 7.22. The third-order valence-corrected chi connectivity index (χ3v) is 2.11. The van der Waals surface area contributed by atoms with Gasteiger partial charge in [0.25, 0.3) is 0 Å². The fraction of sp³-hybridized carbons (Fsp3) is 0.417. The maximum absolute atomic E-state index is 11.0. The minimum Gasteiger partial charge on any atom is -0.395 e. The second-order valence-electron chi connectivity index (χ2n) is 3.62. The first-order valence-electron chi connectivity index (χ1n) is 5.09. The molecule has 0 heterocycles. The van der Waals surface area contributed by atoms with Crippen LogP contribution >= 0.6 is 0 Å². The van der Waals surface area contributed by atoms with E-state index in [-0.39, 0.29) is 12.4 Å². The van der Waals surface area contributed by atoms with Gasteiger partial charge in [-0.15, -0.1) is 0 Å². The second kappa shape index (κ2) is 6.32. The molecule has 0 aliphatic carbocycles. The van der Waals surface area contributed by atoms with Crippen LogP contribution in [-0.4, -0.2) is 35.5 Å². The number of ketones is 1. The van der Waals surface area contributed by atoms with E-state index in [2.05, 4.69) is 0 Å². The largest absolute Gasteiger partial charge is 0.395 e. The van der Waals surface area contributed by atoms with Crippen molar-refractivity contribution in [2.45, 2.75) is 13.5 Å². The fourth-order valence-corrected chi connectivity index (χ4v) is 1.51. The standard InChI is InChI=1S/C12H17NO2/c1-11(15)9-13(7-8-14)10-12-5-3-2-4-6-12/h2-6,14H,7-10H2,1H3. The Morgan fingerprint density at radius 3 is 2.53 bits per heavy atom. The quantitative estimate of drug-likeness (QED) is 0.758. The highest BCUT2D eigenvalue weighted by molar-refractivity contribution is 5.77. The molecule has 1 rings (SSSR count). The number of carbonyl (C=O) groups is 1. The van der Waals surface area contributed by atoms with Crippen LogP contribution in [-0.2, 0) is 11.3 Å². The second-order valence-corrected chi connectivity index (χ2v) is 3.62. The van der Waals surface area contributed by atoms with Gasteiger partial charge in [0.05, 0.1) is 13.2 Å². The average molecular weight is 207 g/mol.